The monoisotopic (exact) mass is 217 g/mol. The molecule has 0 fully saturated rings. The Morgan fingerprint density at radius 3 is 2.50 bits per heavy atom. The maximum atomic E-state index is 5.56. The van der Waals surface area contributed by atoms with E-state index in [2.05, 4.69) is 17.2 Å². The van der Waals surface area contributed by atoms with Crippen LogP contribution < -0.4 is 10.1 Å². The van der Waals surface area contributed by atoms with Gasteiger partial charge in [-0.25, -0.2) is 0 Å². The Hall–Kier alpha value is -1.62. The summed E-state index contributed by atoms with van der Waals surface area (Å²) in [7, 11) is 0. The van der Waals surface area contributed by atoms with E-state index in [1.165, 1.54) is 0 Å². The zero-order valence-corrected chi connectivity index (χ0v) is 10.2. The average Bonchev–Trinajstić information content (AvgIpc) is 2.26. The molecule has 0 saturated carbocycles. The van der Waals surface area contributed by atoms with Gasteiger partial charge in [-0.15, -0.1) is 11.8 Å². The number of hydrogen-bond acceptors (Lipinski definition) is 2. The SMILES string of the molecule is CC#CCCNc1ccc(OC(C)C)cc1. The number of rotatable bonds is 5. The molecule has 0 heterocycles. The molecule has 0 unspecified atom stereocenters. The van der Waals surface area contributed by atoms with E-state index < -0.39 is 0 Å². The fourth-order valence-corrected chi connectivity index (χ4v) is 1.32. The molecule has 1 aromatic rings. The highest BCUT2D eigenvalue weighted by Crippen LogP contribution is 2.16. The van der Waals surface area contributed by atoms with E-state index in [4.69, 9.17) is 4.74 Å². The van der Waals surface area contributed by atoms with Gasteiger partial charge in [0.2, 0.25) is 0 Å². The molecule has 0 atom stereocenters. The summed E-state index contributed by atoms with van der Waals surface area (Å²) in [6.45, 7) is 6.79. The summed E-state index contributed by atoms with van der Waals surface area (Å²) in [6, 6.07) is 8.01. The van der Waals surface area contributed by atoms with Gasteiger partial charge in [0.25, 0.3) is 0 Å². The second-order valence-electron chi connectivity index (χ2n) is 3.79. The first-order valence-electron chi connectivity index (χ1n) is 5.62. The van der Waals surface area contributed by atoms with Crippen LogP contribution in [0.1, 0.15) is 27.2 Å². The molecule has 0 aliphatic heterocycles. The lowest BCUT2D eigenvalue weighted by molar-refractivity contribution is 0.242. The molecule has 0 bridgehead atoms. The summed E-state index contributed by atoms with van der Waals surface area (Å²) in [5.41, 5.74) is 1.11. The van der Waals surface area contributed by atoms with Crippen LogP contribution in [0.4, 0.5) is 5.69 Å². The van der Waals surface area contributed by atoms with Crippen LogP contribution in [-0.2, 0) is 0 Å². The Kier molecular flexibility index (Phi) is 5.28. The second kappa shape index (κ2) is 6.79. The van der Waals surface area contributed by atoms with Gasteiger partial charge in [-0.1, -0.05) is 0 Å². The predicted molar refractivity (Wildman–Crippen MR) is 68.8 cm³/mol. The minimum atomic E-state index is 0.221. The van der Waals surface area contributed by atoms with Crippen LogP contribution in [0.3, 0.4) is 0 Å². The molecule has 0 amide bonds. The Labute approximate surface area is 98.0 Å². The molecule has 0 aliphatic carbocycles. The van der Waals surface area contributed by atoms with Crippen molar-refractivity contribution in [1.82, 2.24) is 0 Å². The van der Waals surface area contributed by atoms with Crippen LogP contribution >= 0.6 is 0 Å². The number of hydrogen-bond donors (Lipinski definition) is 1. The third kappa shape index (κ3) is 4.75. The van der Waals surface area contributed by atoms with E-state index in [-0.39, 0.29) is 6.10 Å². The average molecular weight is 217 g/mol. The standard InChI is InChI=1S/C14H19NO/c1-4-5-6-11-15-13-7-9-14(10-8-13)16-12(2)3/h7-10,12,15H,6,11H2,1-3H3. The van der Waals surface area contributed by atoms with Crippen molar-refractivity contribution in [2.24, 2.45) is 0 Å². The fourth-order valence-electron chi connectivity index (χ4n) is 1.32. The molecule has 1 aromatic carbocycles. The minimum absolute atomic E-state index is 0.221. The molecule has 0 radical (unpaired) electrons. The van der Waals surface area contributed by atoms with E-state index in [0.717, 1.165) is 24.4 Å². The smallest absolute Gasteiger partial charge is 0.119 e. The van der Waals surface area contributed by atoms with Crippen molar-refractivity contribution in [2.45, 2.75) is 33.3 Å². The van der Waals surface area contributed by atoms with Gasteiger partial charge >= 0.3 is 0 Å². The van der Waals surface area contributed by atoms with Gasteiger partial charge in [0.1, 0.15) is 5.75 Å². The lowest BCUT2D eigenvalue weighted by atomic mass is 10.3. The van der Waals surface area contributed by atoms with Crippen LogP contribution in [-0.4, -0.2) is 12.6 Å². The van der Waals surface area contributed by atoms with Gasteiger partial charge in [0, 0.05) is 18.7 Å². The van der Waals surface area contributed by atoms with Gasteiger partial charge < -0.3 is 10.1 Å². The van der Waals surface area contributed by atoms with Gasteiger partial charge in [-0.3, -0.25) is 0 Å². The van der Waals surface area contributed by atoms with Crippen molar-refractivity contribution in [3.63, 3.8) is 0 Å². The third-order valence-electron chi connectivity index (χ3n) is 1.98. The summed E-state index contributed by atoms with van der Waals surface area (Å²) < 4.78 is 5.56. The van der Waals surface area contributed by atoms with Crippen LogP contribution in [0.5, 0.6) is 5.75 Å². The lowest BCUT2D eigenvalue weighted by Crippen LogP contribution is -2.05. The highest BCUT2D eigenvalue weighted by molar-refractivity contribution is 5.46. The van der Waals surface area contributed by atoms with E-state index in [0.29, 0.717) is 0 Å². The topological polar surface area (TPSA) is 21.3 Å². The summed E-state index contributed by atoms with van der Waals surface area (Å²) in [5.74, 6) is 6.80. The van der Waals surface area contributed by atoms with Crippen LogP contribution in [0.2, 0.25) is 0 Å². The number of benzene rings is 1. The van der Waals surface area contributed by atoms with E-state index in [1.54, 1.807) is 0 Å². The van der Waals surface area contributed by atoms with E-state index >= 15 is 0 Å². The molecule has 1 N–H and O–H groups in total. The maximum absolute atomic E-state index is 5.56. The Morgan fingerprint density at radius 2 is 1.94 bits per heavy atom. The molecule has 2 heteroatoms. The largest absolute Gasteiger partial charge is 0.491 e. The van der Waals surface area contributed by atoms with E-state index in [1.807, 2.05) is 45.0 Å². The molecule has 86 valence electrons. The van der Waals surface area contributed by atoms with Crippen molar-refractivity contribution in [1.29, 1.82) is 0 Å². The molecule has 0 saturated heterocycles. The number of ether oxygens (including phenoxy) is 1. The first-order chi connectivity index (χ1) is 7.72. The quantitative estimate of drug-likeness (QED) is 0.603. The van der Waals surface area contributed by atoms with Crippen molar-refractivity contribution in [3.05, 3.63) is 24.3 Å². The van der Waals surface area contributed by atoms with Crippen molar-refractivity contribution < 1.29 is 4.74 Å². The Balaban J connectivity index is 2.41. The molecular formula is C14H19NO. The second-order valence-corrected chi connectivity index (χ2v) is 3.79. The molecular weight excluding hydrogens is 198 g/mol. The minimum Gasteiger partial charge on any atom is -0.491 e. The fraction of sp³-hybridized carbons (Fsp3) is 0.429. The molecule has 16 heavy (non-hydrogen) atoms. The predicted octanol–water partition coefficient (Wildman–Crippen LogP) is 3.30. The highest BCUT2D eigenvalue weighted by Gasteiger charge is 1.97. The van der Waals surface area contributed by atoms with E-state index in [9.17, 15) is 0 Å². The molecule has 2 nitrogen and oxygen atoms in total. The highest BCUT2D eigenvalue weighted by atomic mass is 16.5. The third-order valence-corrected chi connectivity index (χ3v) is 1.98. The zero-order valence-electron chi connectivity index (χ0n) is 10.2. The van der Waals surface area contributed by atoms with Gasteiger partial charge in [0.15, 0.2) is 0 Å². The van der Waals surface area contributed by atoms with Crippen LogP contribution in [0.15, 0.2) is 24.3 Å². The summed E-state index contributed by atoms with van der Waals surface area (Å²) in [6.07, 6.45) is 1.10. The summed E-state index contributed by atoms with van der Waals surface area (Å²) >= 11 is 0. The van der Waals surface area contributed by atoms with Crippen molar-refractivity contribution in [2.75, 3.05) is 11.9 Å². The molecule has 0 aliphatic rings. The van der Waals surface area contributed by atoms with Gasteiger partial charge in [-0.2, -0.15) is 0 Å². The van der Waals surface area contributed by atoms with Gasteiger partial charge in [0.05, 0.1) is 6.10 Å². The van der Waals surface area contributed by atoms with Crippen molar-refractivity contribution in [3.8, 4) is 17.6 Å². The first kappa shape index (κ1) is 12.4. The summed E-state index contributed by atoms with van der Waals surface area (Å²) in [5, 5.41) is 3.30. The van der Waals surface area contributed by atoms with Crippen LogP contribution in [0.25, 0.3) is 0 Å². The molecule has 0 aromatic heterocycles. The number of anilines is 1. The van der Waals surface area contributed by atoms with Crippen molar-refractivity contribution >= 4 is 5.69 Å². The van der Waals surface area contributed by atoms with Gasteiger partial charge in [-0.05, 0) is 45.0 Å². The summed E-state index contributed by atoms with van der Waals surface area (Å²) in [4.78, 5) is 0. The molecule has 1 rings (SSSR count). The maximum Gasteiger partial charge on any atom is 0.119 e. The Morgan fingerprint density at radius 1 is 1.25 bits per heavy atom. The number of nitrogens with one attached hydrogen (secondary N) is 1. The Bertz CT molecular complexity index is 357. The lowest BCUT2D eigenvalue weighted by Gasteiger charge is -2.10. The zero-order chi connectivity index (χ0) is 11.8. The molecule has 0 spiro atoms. The normalized spacial score (nSPS) is 9.50. The van der Waals surface area contributed by atoms with Crippen LogP contribution in [0, 0.1) is 11.8 Å². The first-order valence-corrected chi connectivity index (χ1v) is 5.62.